The minimum atomic E-state index is 0.537. The van der Waals surface area contributed by atoms with Crippen LogP contribution in [0.5, 0.6) is 0 Å². The first kappa shape index (κ1) is 18.2. The monoisotopic (exact) mass is 457 g/mol. The maximum Gasteiger partial charge on any atom is 0.0411 e. The summed E-state index contributed by atoms with van der Waals surface area (Å²) in [6.07, 6.45) is 1.07. The van der Waals surface area contributed by atoms with Gasteiger partial charge >= 0.3 is 0 Å². The maximum atomic E-state index is 3.53. The molecule has 0 spiro atoms. The smallest absolute Gasteiger partial charge is 0.0411 e. The number of nitrogens with zero attached hydrogens (tertiary/aromatic N) is 1. The molecule has 0 saturated carbocycles. The third-order valence-corrected chi connectivity index (χ3v) is 5.26. The first-order valence-electron chi connectivity index (χ1n) is 8.44. The summed E-state index contributed by atoms with van der Waals surface area (Å²) in [5, 5.41) is 0. The van der Waals surface area contributed by atoms with Gasteiger partial charge in [-0.3, -0.25) is 0 Å². The van der Waals surface area contributed by atoms with Crippen LogP contribution in [0.3, 0.4) is 0 Å². The lowest BCUT2D eigenvalue weighted by Crippen LogP contribution is -2.24. The lowest BCUT2D eigenvalue weighted by atomic mass is 10.00. The van der Waals surface area contributed by atoms with Gasteiger partial charge < -0.3 is 4.90 Å². The summed E-state index contributed by atoms with van der Waals surface area (Å²) in [5.74, 6) is 0.537. The van der Waals surface area contributed by atoms with E-state index in [9.17, 15) is 0 Å². The van der Waals surface area contributed by atoms with Gasteiger partial charge in [0.2, 0.25) is 0 Å². The molecule has 25 heavy (non-hydrogen) atoms. The van der Waals surface area contributed by atoms with E-state index in [1.165, 1.54) is 16.9 Å². The van der Waals surface area contributed by atoms with Crippen molar-refractivity contribution >= 4 is 43.2 Å². The van der Waals surface area contributed by atoms with Gasteiger partial charge in [0, 0.05) is 26.9 Å². The molecule has 0 N–H and O–H groups in total. The first-order valence-corrected chi connectivity index (χ1v) is 10.0. The highest BCUT2D eigenvalue weighted by atomic mass is 79.9. The fourth-order valence-electron chi connectivity index (χ4n) is 2.99. The third kappa shape index (κ3) is 5.20. The van der Waals surface area contributed by atoms with E-state index in [4.69, 9.17) is 0 Å². The van der Waals surface area contributed by atoms with Crippen LogP contribution in [-0.4, -0.2) is 6.54 Å². The van der Waals surface area contributed by atoms with Crippen LogP contribution in [0.2, 0.25) is 0 Å². The fraction of sp³-hybridized carbons (Fsp3) is 0.182. The molecule has 0 aliphatic heterocycles. The molecule has 1 nitrogen and oxygen atoms in total. The molecule has 0 heterocycles. The molecule has 3 rings (SSSR count). The molecule has 3 aromatic carbocycles. The maximum absolute atomic E-state index is 3.53. The highest BCUT2D eigenvalue weighted by molar-refractivity contribution is 9.10. The van der Waals surface area contributed by atoms with Crippen LogP contribution in [-0.2, 0) is 6.42 Å². The van der Waals surface area contributed by atoms with E-state index in [-0.39, 0.29) is 0 Å². The second kappa shape index (κ2) is 8.68. The van der Waals surface area contributed by atoms with E-state index >= 15 is 0 Å². The Hall–Kier alpha value is -1.58. The second-order valence-corrected chi connectivity index (χ2v) is 8.19. The van der Waals surface area contributed by atoms with Gasteiger partial charge in [0.15, 0.2) is 0 Å². The quantitative estimate of drug-likeness (QED) is 0.376. The molecule has 0 aromatic heterocycles. The average molecular weight is 459 g/mol. The summed E-state index contributed by atoms with van der Waals surface area (Å²) >= 11 is 7.06. The van der Waals surface area contributed by atoms with Gasteiger partial charge in [0.25, 0.3) is 0 Å². The molecule has 0 aliphatic carbocycles. The Bertz CT molecular complexity index is 737. The summed E-state index contributed by atoms with van der Waals surface area (Å²) in [6, 6.07) is 27.8. The van der Waals surface area contributed by atoms with Crippen molar-refractivity contribution in [1.82, 2.24) is 0 Å². The van der Waals surface area contributed by atoms with Crippen molar-refractivity contribution in [2.45, 2.75) is 13.3 Å². The van der Waals surface area contributed by atoms with Crippen molar-refractivity contribution in [2.24, 2.45) is 5.92 Å². The number of anilines is 2. The normalized spacial score (nSPS) is 12.0. The van der Waals surface area contributed by atoms with Crippen LogP contribution < -0.4 is 4.90 Å². The van der Waals surface area contributed by atoms with E-state index < -0.39 is 0 Å². The standard InChI is InChI=1S/C22H21Br2N/c1-17(15-18-5-3-2-4-6-18)16-25(21-11-7-19(23)8-12-21)22-13-9-20(24)10-14-22/h2-14,17H,15-16H2,1H3. The van der Waals surface area contributed by atoms with E-state index in [2.05, 4.69) is 123 Å². The van der Waals surface area contributed by atoms with Crippen LogP contribution >= 0.6 is 31.9 Å². The van der Waals surface area contributed by atoms with Crippen LogP contribution in [0.15, 0.2) is 87.8 Å². The molecule has 1 unspecified atom stereocenters. The zero-order valence-electron chi connectivity index (χ0n) is 14.2. The first-order chi connectivity index (χ1) is 12.1. The van der Waals surface area contributed by atoms with Crippen LogP contribution in [0.1, 0.15) is 12.5 Å². The molecular weight excluding hydrogens is 438 g/mol. The molecule has 3 heteroatoms. The lowest BCUT2D eigenvalue weighted by molar-refractivity contribution is 0.585. The number of hydrogen-bond acceptors (Lipinski definition) is 1. The molecule has 0 amide bonds. The van der Waals surface area contributed by atoms with Gasteiger partial charge in [0.1, 0.15) is 0 Å². The summed E-state index contributed by atoms with van der Waals surface area (Å²) in [4.78, 5) is 2.40. The Balaban J connectivity index is 1.83. The van der Waals surface area contributed by atoms with Gasteiger partial charge in [-0.15, -0.1) is 0 Å². The van der Waals surface area contributed by atoms with E-state index in [0.717, 1.165) is 21.9 Å². The summed E-state index contributed by atoms with van der Waals surface area (Å²) in [7, 11) is 0. The molecule has 0 aliphatic rings. The summed E-state index contributed by atoms with van der Waals surface area (Å²) in [6.45, 7) is 3.29. The Labute approximate surface area is 167 Å². The summed E-state index contributed by atoms with van der Waals surface area (Å²) in [5.41, 5.74) is 3.82. The summed E-state index contributed by atoms with van der Waals surface area (Å²) < 4.78 is 2.20. The van der Waals surface area contributed by atoms with Crippen molar-refractivity contribution in [1.29, 1.82) is 0 Å². The molecular formula is C22H21Br2N. The van der Waals surface area contributed by atoms with Crippen molar-refractivity contribution in [3.8, 4) is 0 Å². The molecule has 1 atom stereocenters. The molecule has 0 fully saturated rings. The van der Waals surface area contributed by atoms with Gasteiger partial charge in [-0.2, -0.15) is 0 Å². The molecule has 0 radical (unpaired) electrons. The molecule has 3 aromatic rings. The van der Waals surface area contributed by atoms with Gasteiger partial charge in [-0.1, -0.05) is 69.1 Å². The third-order valence-electron chi connectivity index (χ3n) is 4.20. The Morgan fingerprint density at radius 3 is 1.68 bits per heavy atom. The average Bonchev–Trinajstić information content (AvgIpc) is 2.62. The van der Waals surface area contributed by atoms with E-state index in [0.29, 0.717) is 5.92 Å². The number of benzene rings is 3. The van der Waals surface area contributed by atoms with Crippen LogP contribution in [0, 0.1) is 5.92 Å². The highest BCUT2D eigenvalue weighted by Crippen LogP contribution is 2.29. The molecule has 128 valence electrons. The Morgan fingerprint density at radius 2 is 1.20 bits per heavy atom. The molecule has 0 bridgehead atoms. The van der Waals surface area contributed by atoms with Crippen LogP contribution in [0.4, 0.5) is 11.4 Å². The van der Waals surface area contributed by atoms with Crippen molar-refractivity contribution < 1.29 is 0 Å². The van der Waals surface area contributed by atoms with Crippen molar-refractivity contribution in [3.63, 3.8) is 0 Å². The topological polar surface area (TPSA) is 3.24 Å². The van der Waals surface area contributed by atoms with Crippen molar-refractivity contribution in [2.75, 3.05) is 11.4 Å². The fourth-order valence-corrected chi connectivity index (χ4v) is 3.52. The SMILES string of the molecule is CC(Cc1ccccc1)CN(c1ccc(Br)cc1)c1ccc(Br)cc1. The predicted molar refractivity (Wildman–Crippen MR) is 115 cm³/mol. The largest absolute Gasteiger partial charge is 0.341 e. The van der Waals surface area contributed by atoms with Gasteiger partial charge in [-0.25, -0.2) is 0 Å². The predicted octanol–water partition coefficient (Wildman–Crippen LogP) is 7.23. The number of rotatable bonds is 6. The molecule has 0 saturated heterocycles. The van der Waals surface area contributed by atoms with Crippen LogP contribution in [0.25, 0.3) is 0 Å². The number of hydrogen-bond donors (Lipinski definition) is 0. The second-order valence-electron chi connectivity index (χ2n) is 6.36. The minimum absolute atomic E-state index is 0.537. The highest BCUT2D eigenvalue weighted by Gasteiger charge is 2.14. The van der Waals surface area contributed by atoms with Crippen molar-refractivity contribution in [3.05, 3.63) is 93.4 Å². The van der Waals surface area contributed by atoms with E-state index in [1.54, 1.807) is 0 Å². The van der Waals surface area contributed by atoms with Gasteiger partial charge in [-0.05, 0) is 66.4 Å². The Morgan fingerprint density at radius 1 is 0.720 bits per heavy atom. The Kier molecular flexibility index (Phi) is 6.33. The zero-order chi connectivity index (χ0) is 17.6. The number of halogens is 2. The van der Waals surface area contributed by atoms with Gasteiger partial charge in [0.05, 0.1) is 0 Å². The minimum Gasteiger partial charge on any atom is -0.341 e. The zero-order valence-corrected chi connectivity index (χ0v) is 17.4. The lowest BCUT2D eigenvalue weighted by Gasteiger charge is -2.28. The van der Waals surface area contributed by atoms with E-state index in [1.807, 2.05) is 0 Å².